The number of nitrogens with zero attached hydrogens (tertiary/aromatic N) is 1. The molecule has 2 aliphatic heterocycles. The normalized spacial score (nSPS) is 21.2. The highest BCUT2D eigenvalue weighted by atomic mass is 16.5. The first-order valence-electron chi connectivity index (χ1n) is 6.06. The molecule has 0 spiro atoms. The van der Waals surface area contributed by atoms with Gasteiger partial charge in [-0.2, -0.15) is 0 Å². The first-order valence-corrected chi connectivity index (χ1v) is 6.06. The van der Waals surface area contributed by atoms with Crippen LogP contribution in [-0.2, 0) is 4.74 Å². The number of aliphatic imine (C=N–C) groups is 1. The third-order valence-corrected chi connectivity index (χ3v) is 3.41. The molecule has 1 radical (unpaired) electrons. The Kier molecular flexibility index (Phi) is 2.12. The summed E-state index contributed by atoms with van der Waals surface area (Å²) in [5, 5.41) is 8.72. The molecule has 4 heteroatoms. The summed E-state index contributed by atoms with van der Waals surface area (Å²) in [6, 6.07) is 10.4. The van der Waals surface area contributed by atoms with Gasteiger partial charge in [0.25, 0.3) is 0 Å². The van der Waals surface area contributed by atoms with Gasteiger partial charge in [-0.25, -0.2) is 4.99 Å². The molecule has 2 aromatic carbocycles. The highest BCUT2D eigenvalue weighted by molar-refractivity contribution is 6.09. The second kappa shape index (κ2) is 3.80. The number of rotatable bonds is 1. The Bertz CT molecular complexity index is 645. The number of nitrogens with one attached hydrogen (secondary N) is 2. The van der Waals surface area contributed by atoms with Crippen LogP contribution in [0.3, 0.4) is 0 Å². The molecule has 0 aromatic heterocycles. The van der Waals surface area contributed by atoms with Crippen molar-refractivity contribution in [2.45, 2.75) is 6.23 Å². The van der Waals surface area contributed by atoms with Gasteiger partial charge in [0.15, 0.2) is 6.34 Å². The minimum absolute atomic E-state index is 0.0545. The van der Waals surface area contributed by atoms with Gasteiger partial charge in [0.05, 0.1) is 12.3 Å². The third kappa shape index (κ3) is 1.36. The molecule has 2 aliphatic rings. The highest BCUT2D eigenvalue weighted by Gasteiger charge is 2.23. The van der Waals surface area contributed by atoms with Crippen LogP contribution in [0, 0.1) is 0 Å². The van der Waals surface area contributed by atoms with Gasteiger partial charge in [-0.1, -0.05) is 24.3 Å². The fraction of sp³-hybridized carbons (Fsp3) is 0.214. The van der Waals surface area contributed by atoms with E-state index < -0.39 is 0 Å². The Morgan fingerprint density at radius 2 is 2.28 bits per heavy atom. The minimum Gasteiger partial charge on any atom is -0.358 e. The zero-order chi connectivity index (χ0) is 11.9. The van der Waals surface area contributed by atoms with Gasteiger partial charge in [-0.3, -0.25) is 5.32 Å². The van der Waals surface area contributed by atoms with E-state index in [1.165, 1.54) is 5.39 Å². The quantitative estimate of drug-likeness (QED) is 0.802. The van der Waals surface area contributed by atoms with Crippen LogP contribution in [-0.4, -0.2) is 19.5 Å². The highest BCUT2D eigenvalue weighted by Crippen LogP contribution is 2.40. The van der Waals surface area contributed by atoms with Gasteiger partial charge in [0, 0.05) is 23.2 Å². The second-order valence-electron chi connectivity index (χ2n) is 4.46. The molecule has 1 fully saturated rings. The summed E-state index contributed by atoms with van der Waals surface area (Å²) in [6.07, 6.45) is 2.80. The molecular formula is C14H12N3O. The van der Waals surface area contributed by atoms with E-state index in [2.05, 4.69) is 40.2 Å². The molecule has 2 heterocycles. The predicted molar refractivity (Wildman–Crippen MR) is 71.4 cm³/mol. The maximum atomic E-state index is 5.68. The smallest absolute Gasteiger partial charge is 0.174 e. The number of hydrogen-bond donors (Lipinski definition) is 2. The van der Waals surface area contributed by atoms with Gasteiger partial charge >= 0.3 is 0 Å². The van der Waals surface area contributed by atoms with Crippen molar-refractivity contribution in [3.63, 3.8) is 0 Å². The van der Waals surface area contributed by atoms with Gasteiger partial charge in [0.2, 0.25) is 0 Å². The van der Waals surface area contributed by atoms with Gasteiger partial charge in [0.1, 0.15) is 6.23 Å². The standard InChI is InChI=1S/C14H12N3O/c1-2-9-4-5-10(14-15-6-7-18-14)13-12(9)11(3-1)16-8-17-13/h1-5,14-15H,6-7H2,(H,16,17). The fourth-order valence-electron chi connectivity index (χ4n) is 2.58. The maximum Gasteiger partial charge on any atom is 0.174 e. The summed E-state index contributed by atoms with van der Waals surface area (Å²) < 4.78 is 5.68. The summed E-state index contributed by atoms with van der Waals surface area (Å²) in [4.78, 5) is 4.37. The van der Waals surface area contributed by atoms with E-state index in [-0.39, 0.29) is 6.23 Å². The molecule has 0 aliphatic carbocycles. The Hall–Kier alpha value is -1.91. The van der Waals surface area contributed by atoms with E-state index in [4.69, 9.17) is 4.74 Å². The largest absolute Gasteiger partial charge is 0.358 e. The number of benzene rings is 2. The topological polar surface area (TPSA) is 45.7 Å². The maximum absolute atomic E-state index is 5.68. The zero-order valence-corrected chi connectivity index (χ0v) is 9.73. The lowest BCUT2D eigenvalue weighted by molar-refractivity contribution is 0.102. The Morgan fingerprint density at radius 1 is 1.28 bits per heavy atom. The molecule has 4 rings (SSSR count). The van der Waals surface area contributed by atoms with Crippen molar-refractivity contribution < 1.29 is 4.74 Å². The average molecular weight is 238 g/mol. The van der Waals surface area contributed by atoms with E-state index in [1.807, 2.05) is 12.1 Å². The Balaban J connectivity index is 2.00. The van der Waals surface area contributed by atoms with Gasteiger partial charge < -0.3 is 10.1 Å². The summed E-state index contributed by atoms with van der Waals surface area (Å²) in [7, 11) is 0. The minimum atomic E-state index is -0.0545. The lowest BCUT2D eigenvalue weighted by atomic mass is 10.0. The predicted octanol–water partition coefficient (Wildman–Crippen LogP) is 2.42. The third-order valence-electron chi connectivity index (χ3n) is 3.41. The van der Waals surface area contributed by atoms with Crippen LogP contribution >= 0.6 is 0 Å². The average Bonchev–Trinajstić information content (AvgIpc) is 2.94. The molecular weight excluding hydrogens is 226 g/mol. The lowest BCUT2D eigenvalue weighted by Crippen LogP contribution is -2.14. The lowest BCUT2D eigenvalue weighted by Gasteiger charge is -2.19. The van der Waals surface area contributed by atoms with Crippen molar-refractivity contribution in [1.29, 1.82) is 0 Å². The first kappa shape index (κ1) is 10.1. The zero-order valence-electron chi connectivity index (χ0n) is 9.73. The van der Waals surface area contributed by atoms with Crippen molar-refractivity contribution >= 4 is 28.5 Å². The van der Waals surface area contributed by atoms with Crippen molar-refractivity contribution in [3.8, 4) is 0 Å². The molecule has 1 saturated heterocycles. The van der Waals surface area contributed by atoms with E-state index in [0.717, 1.165) is 35.5 Å². The molecule has 1 unspecified atom stereocenters. The van der Waals surface area contributed by atoms with Crippen LogP contribution in [0.15, 0.2) is 35.3 Å². The molecule has 89 valence electrons. The Labute approximate surface area is 105 Å². The van der Waals surface area contributed by atoms with Crippen LogP contribution in [0.4, 0.5) is 11.4 Å². The Morgan fingerprint density at radius 3 is 3.17 bits per heavy atom. The molecule has 4 nitrogen and oxygen atoms in total. The van der Waals surface area contributed by atoms with Crippen molar-refractivity contribution in [1.82, 2.24) is 5.32 Å². The molecule has 18 heavy (non-hydrogen) atoms. The summed E-state index contributed by atoms with van der Waals surface area (Å²) in [6.45, 7) is 1.63. The van der Waals surface area contributed by atoms with Crippen molar-refractivity contribution in [3.05, 3.63) is 35.9 Å². The van der Waals surface area contributed by atoms with Crippen LogP contribution in [0.5, 0.6) is 0 Å². The molecule has 0 amide bonds. The molecule has 0 saturated carbocycles. The van der Waals surface area contributed by atoms with Crippen molar-refractivity contribution in [2.24, 2.45) is 4.99 Å². The number of hydrogen-bond acceptors (Lipinski definition) is 4. The van der Waals surface area contributed by atoms with Crippen molar-refractivity contribution in [2.75, 3.05) is 18.5 Å². The van der Waals surface area contributed by atoms with E-state index in [1.54, 1.807) is 0 Å². The monoisotopic (exact) mass is 238 g/mol. The van der Waals surface area contributed by atoms with E-state index >= 15 is 0 Å². The van der Waals surface area contributed by atoms with Crippen LogP contribution in [0.2, 0.25) is 0 Å². The molecule has 2 aromatic rings. The van der Waals surface area contributed by atoms with Crippen LogP contribution < -0.4 is 10.6 Å². The summed E-state index contributed by atoms with van der Waals surface area (Å²) in [5.74, 6) is 0. The number of ether oxygens (including phenoxy) is 1. The second-order valence-corrected chi connectivity index (χ2v) is 4.46. The SMILES string of the molecule is [C]1=Nc2c(C3NCCO3)ccc3cccc(c23)N1. The molecule has 1 atom stereocenters. The van der Waals surface area contributed by atoms with E-state index in [9.17, 15) is 0 Å². The molecule has 0 bridgehead atoms. The van der Waals surface area contributed by atoms with Crippen LogP contribution in [0.1, 0.15) is 11.8 Å². The summed E-state index contributed by atoms with van der Waals surface area (Å²) >= 11 is 0. The fourth-order valence-corrected chi connectivity index (χ4v) is 2.58. The number of anilines is 1. The van der Waals surface area contributed by atoms with E-state index in [0.29, 0.717) is 0 Å². The first-order chi connectivity index (χ1) is 8.93. The molecule has 2 N–H and O–H groups in total. The van der Waals surface area contributed by atoms with Gasteiger partial charge in [-0.05, 0) is 11.5 Å². The van der Waals surface area contributed by atoms with Crippen LogP contribution in [0.25, 0.3) is 10.8 Å². The summed E-state index contributed by atoms with van der Waals surface area (Å²) in [5.41, 5.74) is 3.10. The van der Waals surface area contributed by atoms with Gasteiger partial charge in [-0.15, -0.1) is 0 Å².